The van der Waals surface area contributed by atoms with Gasteiger partial charge >= 0.3 is 5.97 Å². The van der Waals surface area contributed by atoms with E-state index in [1.807, 2.05) is 0 Å². The monoisotopic (exact) mass is 245 g/mol. The third-order valence-corrected chi connectivity index (χ3v) is 2.67. The Morgan fingerprint density at radius 1 is 1.69 bits per heavy atom. The summed E-state index contributed by atoms with van der Waals surface area (Å²) in [5.41, 5.74) is 1.74. The molecule has 0 amide bonds. The summed E-state index contributed by atoms with van der Waals surface area (Å²) in [6.07, 6.45) is 1.31. The number of H-pyrrole nitrogens is 1. The van der Waals surface area contributed by atoms with E-state index in [9.17, 15) is 4.79 Å². The Hall–Kier alpha value is -1.04. The first-order valence-corrected chi connectivity index (χ1v) is 4.70. The van der Waals surface area contributed by atoms with Crippen molar-refractivity contribution in [2.75, 3.05) is 5.32 Å². The van der Waals surface area contributed by atoms with Gasteiger partial charge in [-0.25, -0.2) is 4.79 Å². The lowest BCUT2D eigenvalue weighted by Crippen LogP contribution is -2.32. The number of aromatic nitrogens is 2. The number of hydrogen-bond donors (Lipinski definition) is 3. The van der Waals surface area contributed by atoms with Crippen LogP contribution in [0.25, 0.3) is 0 Å². The minimum Gasteiger partial charge on any atom is -0.480 e. The number of carboxylic acid groups (broad SMARTS) is 1. The highest BCUT2D eigenvalue weighted by molar-refractivity contribution is 9.10. The van der Waals surface area contributed by atoms with Gasteiger partial charge in [0, 0.05) is 0 Å². The zero-order chi connectivity index (χ0) is 9.42. The summed E-state index contributed by atoms with van der Waals surface area (Å²) in [7, 11) is 0. The first-order valence-electron chi connectivity index (χ1n) is 3.90. The van der Waals surface area contributed by atoms with Gasteiger partial charge in [-0.1, -0.05) is 0 Å². The molecule has 0 aromatic carbocycles. The molecule has 2 heterocycles. The Balaban J connectivity index is 2.27. The van der Waals surface area contributed by atoms with Crippen LogP contribution in [0.5, 0.6) is 0 Å². The third-order valence-electron chi connectivity index (χ3n) is 2.10. The van der Waals surface area contributed by atoms with Gasteiger partial charge in [0.25, 0.3) is 0 Å². The normalized spacial score (nSPS) is 20.5. The number of aliphatic carboxylic acids is 1. The number of nitrogens with zero attached hydrogens (tertiary/aromatic N) is 1. The van der Waals surface area contributed by atoms with E-state index in [1.54, 1.807) is 0 Å². The number of rotatable bonds is 1. The van der Waals surface area contributed by atoms with E-state index in [2.05, 4.69) is 31.4 Å². The molecule has 2 rings (SSSR count). The van der Waals surface area contributed by atoms with Crippen LogP contribution in [0, 0.1) is 0 Å². The molecule has 0 radical (unpaired) electrons. The minimum absolute atomic E-state index is 0.499. The highest BCUT2D eigenvalue weighted by atomic mass is 79.9. The van der Waals surface area contributed by atoms with Crippen molar-refractivity contribution in [2.24, 2.45) is 0 Å². The molecular weight excluding hydrogens is 238 g/mol. The Bertz CT molecular complexity index is 350. The Kier molecular flexibility index (Phi) is 1.99. The molecular formula is C7H8BrN3O2. The second kappa shape index (κ2) is 3.02. The molecule has 3 N–H and O–H groups in total. The smallest absolute Gasteiger partial charge is 0.326 e. The lowest BCUT2D eigenvalue weighted by Gasteiger charge is -2.20. The van der Waals surface area contributed by atoms with Crippen LogP contribution < -0.4 is 5.32 Å². The molecule has 0 spiro atoms. The van der Waals surface area contributed by atoms with E-state index >= 15 is 0 Å². The lowest BCUT2D eigenvalue weighted by molar-refractivity contribution is -0.138. The van der Waals surface area contributed by atoms with E-state index in [4.69, 9.17) is 5.11 Å². The molecule has 0 bridgehead atoms. The van der Waals surface area contributed by atoms with Crippen LogP contribution >= 0.6 is 15.9 Å². The first kappa shape index (κ1) is 8.55. The van der Waals surface area contributed by atoms with Crippen LogP contribution in [0.1, 0.15) is 12.1 Å². The maximum absolute atomic E-state index is 10.7. The molecule has 0 aliphatic carbocycles. The maximum Gasteiger partial charge on any atom is 0.326 e. The van der Waals surface area contributed by atoms with Crippen LogP contribution in [-0.2, 0) is 11.2 Å². The average molecular weight is 246 g/mol. The molecule has 1 atom stereocenters. The Morgan fingerprint density at radius 3 is 3.15 bits per heavy atom. The van der Waals surface area contributed by atoms with Gasteiger partial charge in [0.05, 0.1) is 11.4 Å². The summed E-state index contributed by atoms with van der Waals surface area (Å²) < 4.78 is 0.647. The van der Waals surface area contributed by atoms with Crippen molar-refractivity contribution >= 4 is 27.6 Å². The SMILES string of the molecule is O=C(O)C1CCc2[nH]nc(Br)c2N1. The van der Waals surface area contributed by atoms with E-state index in [-0.39, 0.29) is 0 Å². The van der Waals surface area contributed by atoms with Crippen LogP contribution in [-0.4, -0.2) is 27.3 Å². The third kappa shape index (κ3) is 1.41. The minimum atomic E-state index is -0.821. The second-order valence-electron chi connectivity index (χ2n) is 2.94. The number of nitrogens with one attached hydrogen (secondary N) is 2. The molecule has 1 aromatic heterocycles. The van der Waals surface area contributed by atoms with Gasteiger partial charge < -0.3 is 10.4 Å². The summed E-state index contributed by atoms with van der Waals surface area (Å²) in [4.78, 5) is 10.7. The van der Waals surface area contributed by atoms with Gasteiger partial charge in [-0.3, -0.25) is 5.10 Å². The highest BCUT2D eigenvalue weighted by Crippen LogP contribution is 2.29. The molecule has 1 aromatic rings. The standard InChI is InChI=1S/C7H8BrN3O2/c8-6-5-3(10-11-6)1-2-4(9-5)7(12)13/h4,9H,1-2H2,(H,10,11)(H,12,13). The lowest BCUT2D eigenvalue weighted by atomic mass is 10.0. The van der Waals surface area contributed by atoms with E-state index in [1.165, 1.54) is 0 Å². The van der Waals surface area contributed by atoms with Crippen LogP contribution in [0.2, 0.25) is 0 Å². The van der Waals surface area contributed by atoms with Gasteiger partial charge in [0.1, 0.15) is 6.04 Å². The molecule has 1 unspecified atom stereocenters. The van der Waals surface area contributed by atoms with Gasteiger partial charge in [-0.2, -0.15) is 5.10 Å². The zero-order valence-electron chi connectivity index (χ0n) is 6.67. The van der Waals surface area contributed by atoms with E-state index in [0.717, 1.165) is 17.8 Å². The number of halogens is 1. The molecule has 0 saturated carbocycles. The fourth-order valence-electron chi connectivity index (χ4n) is 1.40. The van der Waals surface area contributed by atoms with Crippen molar-refractivity contribution in [1.82, 2.24) is 10.2 Å². The fraction of sp³-hybridized carbons (Fsp3) is 0.429. The number of aromatic amines is 1. The van der Waals surface area contributed by atoms with Crippen LogP contribution in [0.3, 0.4) is 0 Å². The number of carbonyl (C=O) groups is 1. The zero-order valence-corrected chi connectivity index (χ0v) is 8.26. The maximum atomic E-state index is 10.7. The molecule has 0 fully saturated rings. The van der Waals surface area contributed by atoms with Crippen molar-refractivity contribution in [3.05, 3.63) is 10.3 Å². The second-order valence-corrected chi connectivity index (χ2v) is 3.69. The van der Waals surface area contributed by atoms with Crippen molar-refractivity contribution in [3.63, 3.8) is 0 Å². The summed E-state index contributed by atoms with van der Waals surface area (Å²) in [6, 6.07) is -0.499. The topological polar surface area (TPSA) is 78.0 Å². The van der Waals surface area contributed by atoms with Crippen molar-refractivity contribution in [2.45, 2.75) is 18.9 Å². The largest absolute Gasteiger partial charge is 0.480 e. The fourth-order valence-corrected chi connectivity index (χ4v) is 1.84. The molecule has 13 heavy (non-hydrogen) atoms. The van der Waals surface area contributed by atoms with Gasteiger partial charge in [0.2, 0.25) is 0 Å². The van der Waals surface area contributed by atoms with E-state index < -0.39 is 12.0 Å². The van der Waals surface area contributed by atoms with Gasteiger partial charge in [0.15, 0.2) is 4.60 Å². The molecule has 0 saturated heterocycles. The predicted molar refractivity (Wildman–Crippen MR) is 49.7 cm³/mol. The molecule has 5 nitrogen and oxygen atoms in total. The number of fused-ring (bicyclic) bond motifs is 1. The van der Waals surface area contributed by atoms with Gasteiger partial charge in [-0.05, 0) is 28.8 Å². The van der Waals surface area contributed by atoms with Crippen LogP contribution in [0.4, 0.5) is 5.69 Å². The van der Waals surface area contributed by atoms with E-state index in [0.29, 0.717) is 11.0 Å². The number of aryl methyl sites for hydroxylation is 1. The predicted octanol–water partition coefficient (Wildman–Crippen LogP) is 0.983. The van der Waals surface area contributed by atoms with Gasteiger partial charge in [-0.15, -0.1) is 0 Å². The number of carboxylic acids is 1. The first-order chi connectivity index (χ1) is 6.18. The molecule has 1 aliphatic heterocycles. The van der Waals surface area contributed by atoms with Crippen molar-refractivity contribution in [1.29, 1.82) is 0 Å². The highest BCUT2D eigenvalue weighted by Gasteiger charge is 2.26. The summed E-state index contributed by atoms with van der Waals surface area (Å²) in [5, 5.41) is 18.4. The number of anilines is 1. The Labute approximate surface area is 82.7 Å². The molecule has 70 valence electrons. The summed E-state index contributed by atoms with van der Waals surface area (Å²) in [5.74, 6) is -0.821. The molecule has 6 heteroatoms. The summed E-state index contributed by atoms with van der Waals surface area (Å²) in [6.45, 7) is 0. The van der Waals surface area contributed by atoms with Crippen molar-refractivity contribution < 1.29 is 9.90 Å². The quantitative estimate of drug-likeness (QED) is 0.690. The van der Waals surface area contributed by atoms with Crippen LogP contribution in [0.15, 0.2) is 4.60 Å². The van der Waals surface area contributed by atoms with Crippen molar-refractivity contribution in [3.8, 4) is 0 Å². The molecule has 1 aliphatic rings. The average Bonchev–Trinajstić information content (AvgIpc) is 2.47. The Morgan fingerprint density at radius 2 is 2.46 bits per heavy atom. The number of hydrogen-bond acceptors (Lipinski definition) is 3. The summed E-state index contributed by atoms with van der Waals surface area (Å²) >= 11 is 3.23.